The second kappa shape index (κ2) is 21.0. The van der Waals surface area contributed by atoms with E-state index in [2.05, 4.69) is 40.3 Å². The maximum absolute atomic E-state index is 12.6. The first-order chi connectivity index (χ1) is 27.0. The summed E-state index contributed by atoms with van der Waals surface area (Å²) in [4.78, 5) is 50.6. The number of carbonyl (C=O) groups is 2. The van der Waals surface area contributed by atoms with Crippen LogP contribution in [0, 0.1) is 12.3 Å². The normalized spacial score (nSPS) is 17.9. The van der Waals surface area contributed by atoms with Gasteiger partial charge in [0.1, 0.15) is 11.1 Å². The van der Waals surface area contributed by atoms with Crippen molar-refractivity contribution in [3.8, 4) is 0 Å². The average Bonchev–Trinajstić information content (AvgIpc) is 3.41. The maximum atomic E-state index is 12.6. The molecular formula is C44H45Cl3MgN4O6. The van der Waals surface area contributed by atoms with Crippen molar-refractivity contribution in [3.05, 3.63) is 134 Å². The summed E-state index contributed by atoms with van der Waals surface area (Å²) in [5, 5.41) is 14.6. The van der Waals surface area contributed by atoms with Crippen LogP contribution in [0.1, 0.15) is 58.4 Å². The van der Waals surface area contributed by atoms with E-state index in [-0.39, 0.29) is 52.4 Å². The van der Waals surface area contributed by atoms with Crippen molar-refractivity contribution < 1.29 is 36.6 Å². The fourth-order valence-electron chi connectivity index (χ4n) is 7.58. The van der Waals surface area contributed by atoms with Gasteiger partial charge < -0.3 is 43.2 Å². The van der Waals surface area contributed by atoms with Gasteiger partial charge >= 0.3 is 35.0 Å². The van der Waals surface area contributed by atoms with Crippen LogP contribution in [0.4, 0.5) is 0 Å². The van der Waals surface area contributed by atoms with Gasteiger partial charge in [-0.3, -0.25) is 14.8 Å². The van der Waals surface area contributed by atoms with Gasteiger partial charge in [0.25, 0.3) is 0 Å². The van der Waals surface area contributed by atoms with Crippen molar-refractivity contribution in [2.24, 2.45) is 5.92 Å². The Morgan fingerprint density at radius 2 is 1.45 bits per heavy atom. The van der Waals surface area contributed by atoms with E-state index in [4.69, 9.17) is 32.7 Å². The number of ether oxygens (including phenoxy) is 2. The van der Waals surface area contributed by atoms with Crippen LogP contribution in [0.5, 0.6) is 0 Å². The minimum atomic E-state index is -1.32. The molecule has 300 valence electrons. The predicted octanol–water partition coefficient (Wildman–Crippen LogP) is 4.07. The number of rotatable bonds is 3. The summed E-state index contributed by atoms with van der Waals surface area (Å²) in [7, 11) is 6.91. The van der Waals surface area contributed by atoms with E-state index in [9.17, 15) is 19.5 Å². The zero-order chi connectivity index (χ0) is 40.0. The van der Waals surface area contributed by atoms with Gasteiger partial charge in [0.15, 0.2) is 0 Å². The van der Waals surface area contributed by atoms with Crippen LogP contribution in [-0.2, 0) is 19.9 Å². The Balaban J connectivity index is 0.000000219. The summed E-state index contributed by atoms with van der Waals surface area (Å²) >= 11 is 12.3. The quantitative estimate of drug-likeness (QED) is 0.162. The zero-order valence-electron chi connectivity index (χ0n) is 33.0. The summed E-state index contributed by atoms with van der Waals surface area (Å²) < 4.78 is 9.84. The molecule has 5 aromatic rings. The van der Waals surface area contributed by atoms with Gasteiger partial charge in [0.2, 0.25) is 5.43 Å². The molecule has 0 bridgehead atoms. The van der Waals surface area contributed by atoms with E-state index in [0.717, 1.165) is 31.5 Å². The van der Waals surface area contributed by atoms with Crippen molar-refractivity contribution in [1.29, 1.82) is 0 Å². The summed E-state index contributed by atoms with van der Waals surface area (Å²) in [6, 6.07) is 18.8. The number of aliphatic hydroxyl groups is 1. The number of fused-ring (bicyclic) bond motifs is 4. The standard InChI is InChI=1S/C22H23ClN2O3.C16H10ClNO3.C6H12N.ClH.Mg/c1-25-10-7-15(8-11-25)22(27)19-6-5-16(23)13-17(19)18(21(26)28-2)12-14-4-3-9-24-20(14)22;1-21-16(20)13-7-9-3-2-6-18-14(9)15(19)11-5-4-10(17)8-12(11)13;1-7-5-3-2-4-6-7;;/h3-6,9,12-13,15,27H,7-8,10-11H2,1-2H3;2-8H,1H3;2H,3-6H2,1H3;1H;/q;;-1;;+2/p-1. The molecule has 1 atom stereocenters. The van der Waals surface area contributed by atoms with Gasteiger partial charge in [-0.05, 0) is 119 Å². The van der Waals surface area contributed by atoms with Crippen LogP contribution in [0.15, 0.2) is 83.9 Å². The van der Waals surface area contributed by atoms with Crippen LogP contribution in [0.25, 0.3) is 33.3 Å². The molecule has 8 rings (SSSR count). The van der Waals surface area contributed by atoms with Crippen molar-refractivity contribution in [2.45, 2.75) is 31.3 Å². The molecule has 1 aliphatic carbocycles. The minimum Gasteiger partial charge on any atom is -1.00 e. The number of nitrogens with zero attached hydrogens (tertiary/aromatic N) is 4. The number of piperidine rings is 2. The van der Waals surface area contributed by atoms with Gasteiger partial charge in [-0.25, -0.2) is 9.59 Å². The maximum Gasteiger partial charge on any atom is 2.00 e. The first-order valence-electron chi connectivity index (χ1n) is 18.5. The summed E-state index contributed by atoms with van der Waals surface area (Å²) in [6.45, 7) is 4.32. The number of carbonyl (C=O) groups excluding carboxylic acids is 2. The van der Waals surface area contributed by atoms with Crippen molar-refractivity contribution in [1.82, 2.24) is 19.8 Å². The molecule has 2 aromatic heterocycles. The SMILES string of the molecule is CN1CC[CH-]CC1.COC(=O)C1=Cc2cccnc2C(O)(C2CCN(C)CC2)c2ccc(Cl)cc21.COC(=O)c1cc2cccnc2c(=O)c2ccc(Cl)cc12.[Cl-].[Mg+2]. The molecule has 4 heterocycles. The summed E-state index contributed by atoms with van der Waals surface area (Å²) in [6.07, 6.45) is 11.6. The second-order valence-corrected chi connectivity index (χ2v) is 15.1. The number of hydrogen-bond donors (Lipinski definition) is 1. The fraction of sp³-hybridized carbons (Fsp3) is 0.318. The zero-order valence-corrected chi connectivity index (χ0v) is 36.7. The molecule has 2 fully saturated rings. The molecule has 0 spiro atoms. The molecule has 3 aliphatic rings. The third-order valence-electron chi connectivity index (χ3n) is 10.6. The Morgan fingerprint density at radius 3 is 2.10 bits per heavy atom. The first kappa shape index (κ1) is 47.0. The minimum absolute atomic E-state index is 0. The Morgan fingerprint density at radius 1 is 0.828 bits per heavy atom. The number of hydrogen-bond acceptors (Lipinski definition) is 10. The Bertz CT molecular complexity index is 2350. The van der Waals surface area contributed by atoms with E-state index in [1.165, 1.54) is 40.2 Å². The number of methoxy groups -OCH3 is 2. The van der Waals surface area contributed by atoms with Crippen LogP contribution in [0.3, 0.4) is 0 Å². The number of esters is 2. The van der Waals surface area contributed by atoms with Gasteiger partial charge in [0, 0.05) is 50.1 Å². The largest absolute Gasteiger partial charge is 2.00 e. The molecule has 0 radical (unpaired) electrons. The van der Waals surface area contributed by atoms with Crippen LogP contribution < -0.4 is 17.8 Å². The molecule has 2 saturated heterocycles. The van der Waals surface area contributed by atoms with Crippen molar-refractivity contribution in [2.75, 3.05) is 54.5 Å². The third-order valence-corrected chi connectivity index (χ3v) is 11.1. The van der Waals surface area contributed by atoms with E-state index in [0.29, 0.717) is 54.1 Å². The molecule has 58 heavy (non-hydrogen) atoms. The molecule has 3 aromatic carbocycles. The Labute approximate surface area is 371 Å². The molecule has 2 aliphatic heterocycles. The topological polar surface area (TPSA) is 122 Å². The third kappa shape index (κ3) is 10.2. The van der Waals surface area contributed by atoms with Crippen LogP contribution in [-0.4, -0.2) is 114 Å². The monoisotopic (exact) mass is 854 g/mol. The van der Waals surface area contributed by atoms with E-state index in [1.54, 1.807) is 67.0 Å². The molecule has 10 nitrogen and oxygen atoms in total. The Kier molecular flexibility index (Phi) is 17.1. The molecule has 0 saturated carbocycles. The number of likely N-dealkylation sites (tertiary alicyclic amines) is 2. The van der Waals surface area contributed by atoms with Crippen LogP contribution in [0.2, 0.25) is 10.0 Å². The number of aromatic nitrogens is 2. The van der Waals surface area contributed by atoms with Gasteiger partial charge in [0.05, 0.1) is 31.1 Å². The van der Waals surface area contributed by atoms with Crippen LogP contribution >= 0.6 is 23.2 Å². The van der Waals surface area contributed by atoms with Gasteiger partial charge in [-0.1, -0.05) is 41.4 Å². The number of benzene rings is 2. The molecular weight excluding hydrogens is 811 g/mol. The molecule has 14 heteroatoms. The van der Waals surface area contributed by atoms with E-state index >= 15 is 0 Å². The summed E-state index contributed by atoms with van der Waals surface area (Å²) in [5.74, 6) is -1.02. The van der Waals surface area contributed by atoms with Gasteiger partial charge in [-0.15, -0.1) is 0 Å². The first-order valence-corrected chi connectivity index (χ1v) is 19.3. The van der Waals surface area contributed by atoms with Crippen molar-refractivity contribution in [3.63, 3.8) is 0 Å². The number of pyridine rings is 2. The second-order valence-electron chi connectivity index (χ2n) is 14.2. The predicted molar refractivity (Wildman–Crippen MR) is 227 cm³/mol. The number of halogens is 3. The van der Waals surface area contributed by atoms with Crippen molar-refractivity contribution >= 4 is 91.5 Å². The molecule has 0 amide bonds. The molecule has 1 unspecified atom stereocenters. The molecule has 1 N–H and O–H groups in total. The summed E-state index contributed by atoms with van der Waals surface area (Å²) in [5.41, 5.74) is 1.95. The van der Waals surface area contributed by atoms with E-state index < -0.39 is 17.5 Å². The van der Waals surface area contributed by atoms with Gasteiger partial charge in [-0.2, -0.15) is 12.8 Å². The average molecular weight is 857 g/mol. The Hall–Kier alpha value is -3.65. The smallest absolute Gasteiger partial charge is 1.00 e. The van der Waals surface area contributed by atoms with E-state index in [1.807, 2.05) is 18.2 Å². The fourth-order valence-corrected chi connectivity index (χ4v) is 7.93.